The van der Waals surface area contributed by atoms with Gasteiger partial charge in [-0.25, -0.2) is 13.8 Å². The topological polar surface area (TPSA) is 110 Å². The van der Waals surface area contributed by atoms with Gasteiger partial charge < -0.3 is 24.8 Å². The number of carbonyl (C=O) groups excluding carboxylic acids is 2. The number of aromatic nitrogens is 2. The molecule has 2 aromatic heterocycles. The maximum atomic E-state index is 13.1. The summed E-state index contributed by atoms with van der Waals surface area (Å²) in [5.41, 5.74) is 0.0574. The predicted octanol–water partition coefficient (Wildman–Crippen LogP) is 4.17. The number of piperidine rings is 1. The second-order valence-electron chi connectivity index (χ2n) is 9.78. The Balaban J connectivity index is 1.26. The molecule has 0 saturated carbocycles. The minimum atomic E-state index is -1.44. The Labute approximate surface area is 219 Å². The van der Waals surface area contributed by atoms with Gasteiger partial charge in [0.05, 0.1) is 18.0 Å². The van der Waals surface area contributed by atoms with E-state index in [1.54, 1.807) is 42.6 Å². The highest BCUT2D eigenvalue weighted by Gasteiger charge is 2.32. The lowest BCUT2D eigenvalue weighted by atomic mass is 9.91. The largest absolute Gasteiger partial charge is 0.489 e. The lowest BCUT2D eigenvalue weighted by molar-refractivity contribution is -0.115. The number of amides is 2. The number of nitrogens with zero attached hydrogens (tertiary/aromatic N) is 3. The minimum Gasteiger partial charge on any atom is -0.489 e. The van der Waals surface area contributed by atoms with Crippen LogP contribution in [0.4, 0.5) is 20.3 Å². The molecule has 0 aliphatic carbocycles. The van der Waals surface area contributed by atoms with Gasteiger partial charge in [0.15, 0.2) is 5.82 Å². The fourth-order valence-electron chi connectivity index (χ4n) is 3.94. The van der Waals surface area contributed by atoms with Gasteiger partial charge in [0, 0.05) is 24.8 Å². The van der Waals surface area contributed by atoms with Crippen molar-refractivity contribution in [3.63, 3.8) is 0 Å². The van der Waals surface area contributed by atoms with Gasteiger partial charge >= 0.3 is 0 Å². The molecule has 2 N–H and O–H groups in total. The van der Waals surface area contributed by atoms with Gasteiger partial charge in [0.1, 0.15) is 36.7 Å². The van der Waals surface area contributed by atoms with E-state index in [0.29, 0.717) is 17.0 Å². The van der Waals surface area contributed by atoms with E-state index >= 15 is 0 Å². The van der Waals surface area contributed by atoms with Crippen LogP contribution in [0, 0.1) is 0 Å². The lowest BCUT2D eigenvalue weighted by Gasteiger charge is -2.29. The third-order valence-electron chi connectivity index (χ3n) is 6.48. The summed E-state index contributed by atoms with van der Waals surface area (Å²) in [6.07, 6.45) is 3.65. The van der Waals surface area contributed by atoms with Gasteiger partial charge in [-0.15, -0.1) is 0 Å². The summed E-state index contributed by atoms with van der Waals surface area (Å²) in [5, 5.41) is 9.00. The Morgan fingerprint density at radius 3 is 2.45 bits per heavy atom. The molecule has 0 spiro atoms. The van der Waals surface area contributed by atoms with Crippen LogP contribution >= 0.6 is 0 Å². The number of ether oxygens (including phenoxy) is 1. The third kappa shape index (κ3) is 6.91. The van der Waals surface area contributed by atoms with E-state index in [9.17, 15) is 18.4 Å². The Hall–Kier alpha value is -3.86. The summed E-state index contributed by atoms with van der Waals surface area (Å²) >= 11 is 0. The molecular weight excluding hydrogens is 496 g/mol. The first-order chi connectivity index (χ1) is 18.3. The zero-order valence-electron chi connectivity index (χ0n) is 21.4. The molecule has 0 bridgehead atoms. The number of likely N-dealkylation sites (tertiary alicyclic amines) is 1. The first-order valence-electron chi connectivity index (χ1n) is 12.4. The average molecular weight is 528 g/mol. The van der Waals surface area contributed by atoms with Gasteiger partial charge in [-0.2, -0.15) is 0 Å². The molecule has 3 heterocycles. The van der Waals surface area contributed by atoms with E-state index in [2.05, 4.69) is 32.7 Å². The molecule has 38 heavy (non-hydrogen) atoms. The summed E-state index contributed by atoms with van der Waals surface area (Å²) in [4.78, 5) is 31.4. The van der Waals surface area contributed by atoms with Crippen LogP contribution in [0.1, 0.15) is 41.6 Å². The summed E-state index contributed by atoms with van der Waals surface area (Å²) in [6.45, 7) is 1.45. The van der Waals surface area contributed by atoms with E-state index in [0.717, 1.165) is 25.9 Å². The molecule has 0 atom stereocenters. The Morgan fingerprint density at radius 1 is 1.11 bits per heavy atom. The van der Waals surface area contributed by atoms with Crippen molar-refractivity contribution in [2.75, 3.05) is 44.1 Å². The summed E-state index contributed by atoms with van der Waals surface area (Å²) < 4.78 is 37.3. The Kier molecular flexibility index (Phi) is 8.67. The number of nitrogens with one attached hydrogen (secondary N) is 2. The second-order valence-corrected chi connectivity index (χ2v) is 9.78. The average Bonchev–Trinajstić information content (AvgIpc) is 3.40. The first-order valence-corrected chi connectivity index (χ1v) is 12.4. The SMILES string of the molecule is CN1CCC(Oc2ccc(C(=O)Nc3ccc(CC(=O)Nc4cc(C(C)(CF)CF)on4)cc3)nc2)CC1. The second kappa shape index (κ2) is 12.1. The molecule has 0 radical (unpaired) electrons. The van der Waals surface area contributed by atoms with Crippen molar-refractivity contribution in [2.45, 2.75) is 37.7 Å². The molecular formula is C27H31F2N5O4. The van der Waals surface area contributed by atoms with Crippen molar-refractivity contribution in [2.24, 2.45) is 0 Å². The molecule has 2 amide bonds. The third-order valence-corrected chi connectivity index (χ3v) is 6.48. The Bertz CT molecular complexity index is 1220. The van der Waals surface area contributed by atoms with E-state index in [1.165, 1.54) is 13.0 Å². The molecule has 1 aliphatic rings. The molecule has 9 nitrogen and oxygen atoms in total. The molecule has 4 rings (SSSR count). The molecule has 1 fully saturated rings. The summed E-state index contributed by atoms with van der Waals surface area (Å²) in [7, 11) is 2.09. The number of carbonyl (C=O) groups is 2. The standard InChI is InChI=1S/C27H31F2N5O4/c1-27(16-28,17-29)23-14-24(33-38-23)32-25(35)13-18-3-5-19(6-4-18)31-26(36)22-8-7-21(15-30-22)37-20-9-11-34(2)12-10-20/h3-8,14-15,20H,9-13,16-17H2,1-2H3,(H,31,36)(H,32,33,35). The van der Waals surface area contributed by atoms with Crippen molar-refractivity contribution in [3.05, 3.63) is 65.7 Å². The van der Waals surface area contributed by atoms with E-state index in [4.69, 9.17) is 9.26 Å². The Morgan fingerprint density at radius 2 is 1.82 bits per heavy atom. The monoisotopic (exact) mass is 527 g/mol. The van der Waals surface area contributed by atoms with Crippen LogP contribution in [0.25, 0.3) is 0 Å². The van der Waals surface area contributed by atoms with Gasteiger partial charge in [-0.1, -0.05) is 17.3 Å². The fourth-order valence-corrected chi connectivity index (χ4v) is 3.94. The van der Waals surface area contributed by atoms with Crippen LogP contribution in [0.2, 0.25) is 0 Å². The highest BCUT2D eigenvalue weighted by molar-refractivity contribution is 6.02. The molecule has 0 unspecified atom stereocenters. The number of hydrogen-bond acceptors (Lipinski definition) is 7. The van der Waals surface area contributed by atoms with Crippen LogP contribution in [-0.2, 0) is 16.6 Å². The van der Waals surface area contributed by atoms with Crippen molar-refractivity contribution in [3.8, 4) is 5.75 Å². The highest BCUT2D eigenvalue weighted by atomic mass is 19.1. The first kappa shape index (κ1) is 27.2. The summed E-state index contributed by atoms with van der Waals surface area (Å²) in [6, 6.07) is 11.5. The van der Waals surface area contributed by atoms with Crippen LogP contribution in [0.3, 0.4) is 0 Å². The molecule has 3 aromatic rings. The van der Waals surface area contributed by atoms with Gasteiger partial charge in [-0.3, -0.25) is 9.59 Å². The van der Waals surface area contributed by atoms with Gasteiger partial charge in [0.2, 0.25) is 5.91 Å². The van der Waals surface area contributed by atoms with E-state index < -0.39 is 18.8 Å². The van der Waals surface area contributed by atoms with E-state index in [1.807, 2.05) is 0 Å². The van der Waals surface area contributed by atoms with Crippen LogP contribution in [0.5, 0.6) is 5.75 Å². The van der Waals surface area contributed by atoms with E-state index in [-0.39, 0.29) is 41.6 Å². The normalized spacial score (nSPS) is 14.7. The quantitative estimate of drug-likeness (QED) is 0.407. The number of pyridine rings is 1. The molecule has 11 heteroatoms. The van der Waals surface area contributed by atoms with Crippen molar-refractivity contribution >= 4 is 23.3 Å². The minimum absolute atomic E-state index is 0.0202. The highest BCUT2D eigenvalue weighted by Crippen LogP contribution is 2.27. The maximum Gasteiger partial charge on any atom is 0.274 e. The summed E-state index contributed by atoms with van der Waals surface area (Å²) in [5.74, 6) is -0.00387. The van der Waals surface area contributed by atoms with Crippen molar-refractivity contribution < 1.29 is 27.6 Å². The van der Waals surface area contributed by atoms with Crippen LogP contribution in [0.15, 0.2) is 53.2 Å². The predicted molar refractivity (Wildman–Crippen MR) is 138 cm³/mol. The number of rotatable bonds is 10. The zero-order chi connectivity index (χ0) is 27.1. The van der Waals surface area contributed by atoms with Crippen LogP contribution in [-0.4, -0.2) is 66.4 Å². The van der Waals surface area contributed by atoms with Gasteiger partial charge in [0.25, 0.3) is 5.91 Å². The van der Waals surface area contributed by atoms with Crippen molar-refractivity contribution in [1.29, 1.82) is 0 Å². The molecule has 1 aromatic carbocycles. The molecule has 1 aliphatic heterocycles. The maximum absolute atomic E-state index is 13.1. The number of hydrogen-bond donors (Lipinski definition) is 2. The lowest BCUT2D eigenvalue weighted by Crippen LogP contribution is -2.35. The number of anilines is 2. The zero-order valence-corrected chi connectivity index (χ0v) is 21.4. The van der Waals surface area contributed by atoms with Gasteiger partial charge in [-0.05, 0) is 56.6 Å². The number of alkyl halides is 2. The number of halogens is 2. The smallest absolute Gasteiger partial charge is 0.274 e. The fraction of sp³-hybridized carbons (Fsp3) is 0.407. The molecule has 202 valence electrons. The number of benzene rings is 1. The molecule has 1 saturated heterocycles. The van der Waals surface area contributed by atoms with Crippen LogP contribution < -0.4 is 15.4 Å². The van der Waals surface area contributed by atoms with Crippen molar-refractivity contribution in [1.82, 2.24) is 15.0 Å².